The third-order valence-electron chi connectivity index (χ3n) is 1.03. The topological polar surface area (TPSA) is 18.5 Å². The molecular formula is C6H9BrO2. The number of hydrogen-bond acceptors (Lipinski definition) is 2. The van der Waals surface area contributed by atoms with Gasteiger partial charge >= 0.3 is 0 Å². The van der Waals surface area contributed by atoms with E-state index in [0.29, 0.717) is 4.83 Å². The Morgan fingerprint density at radius 1 is 1.56 bits per heavy atom. The highest BCUT2D eigenvalue weighted by Crippen LogP contribution is 2.15. The molecule has 0 N–H and O–H groups in total. The molecule has 3 heteroatoms. The molecule has 0 aromatic rings. The number of ether oxygens (including phenoxy) is 2. The lowest BCUT2D eigenvalue weighted by molar-refractivity contribution is -0.0268. The molecule has 1 aliphatic heterocycles. The maximum Gasteiger partial charge on any atom is 0.240 e. The second-order valence-corrected chi connectivity index (χ2v) is 3.55. The van der Waals surface area contributed by atoms with Gasteiger partial charge in [0, 0.05) is 11.2 Å². The predicted octanol–water partition coefficient (Wildman–Crippen LogP) is 2.00. The zero-order valence-electron chi connectivity index (χ0n) is 5.21. The summed E-state index contributed by atoms with van der Waals surface area (Å²) in [5.41, 5.74) is 0. The summed E-state index contributed by atoms with van der Waals surface area (Å²) in [5.74, 6) is 0. The molecule has 52 valence electrons. The van der Waals surface area contributed by atoms with Gasteiger partial charge in [-0.25, -0.2) is 0 Å². The summed E-state index contributed by atoms with van der Waals surface area (Å²) in [6.07, 6.45) is 3.95. The van der Waals surface area contributed by atoms with E-state index in [0.717, 1.165) is 6.42 Å². The van der Waals surface area contributed by atoms with Crippen molar-refractivity contribution in [1.29, 1.82) is 0 Å². The molecule has 1 aliphatic rings. The minimum atomic E-state index is -0.0700. The van der Waals surface area contributed by atoms with Crippen LogP contribution in [0, 0.1) is 0 Å². The van der Waals surface area contributed by atoms with Crippen LogP contribution in [0.3, 0.4) is 0 Å². The molecular weight excluding hydrogens is 184 g/mol. The fourth-order valence-corrected chi connectivity index (χ4v) is 0.953. The van der Waals surface area contributed by atoms with Crippen molar-refractivity contribution in [2.45, 2.75) is 24.5 Å². The maximum atomic E-state index is 5.03. The van der Waals surface area contributed by atoms with Crippen molar-refractivity contribution in [2.75, 3.05) is 0 Å². The lowest BCUT2D eigenvalue weighted by Crippen LogP contribution is -2.11. The summed E-state index contributed by atoms with van der Waals surface area (Å²) in [7, 11) is 0. The van der Waals surface area contributed by atoms with Crippen molar-refractivity contribution in [3.05, 3.63) is 12.5 Å². The summed E-state index contributed by atoms with van der Waals surface area (Å²) >= 11 is 3.40. The van der Waals surface area contributed by atoms with Crippen LogP contribution in [-0.2, 0) is 9.47 Å². The van der Waals surface area contributed by atoms with Crippen LogP contribution < -0.4 is 0 Å². The van der Waals surface area contributed by atoms with Gasteiger partial charge in [-0.3, -0.25) is 0 Å². The van der Waals surface area contributed by atoms with Crippen LogP contribution in [0.5, 0.6) is 0 Å². The zero-order valence-corrected chi connectivity index (χ0v) is 6.80. The number of rotatable bonds is 2. The van der Waals surface area contributed by atoms with E-state index in [1.807, 2.05) is 0 Å². The van der Waals surface area contributed by atoms with Gasteiger partial charge < -0.3 is 9.47 Å². The molecule has 9 heavy (non-hydrogen) atoms. The summed E-state index contributed by atoms with van der Waals surface area (Å²) in [5, 5.41) is 0. The van der Waals surface area contributed by atoms with Gasteiger partial charge in [-0.05, 0) is 0 Å². The van der Waals surface area contributed by atoms with Crippen LogP contribution in [0.15, 0.2) is 12.5 Å². The lowest BCUT2D eigenvalue weighted by Gasteiger charge is -2.10. The molecule has 1 rings (SSSR count). The average Bonchev–Trinajstić information content (AvgIpc) is 2.15. The van der Waals surface area contributed by atoms with Gasteiger partial charge in [0.05, 0.1) is 0 Å². The second kappa shape index (κ2) is 3.11. The third-order valence-corrected chi connectivity index (χ3v) is 1.41. The van der Waals surface area contributed by atoms with Crippen molar-refractivity contribution in [3.8, 4) is 0 Å². The van der Waals surface area contributed by atoms with Crippen LogP contribution >= 0.6 is 15.9 Å². The van der Waals surface area contributed by atoms with E-state index in [1.54, 1.807) is 12.5 Å². The molecule has 0 saturated carbocycles. The molecule has 2 nitrogen and oxygen atoms in total. The molecule has 0 bridgehead atoms. The van der Waals surface area contributed by atoms with Gasteiger partial charge in [0.15, 0.2) is 0 Å². The van der Waals surface area contributed by atoms with E-state index in [4.69, 9.17) is 9.47 Å². The van der Waals surface area contributed by atoms with Crippen molar-refractivity contribution < 1.29 is 9.47 Å². The van der Waals surface area contributed by atoms with E-state index >= 15 is 0 Å². The normalized spacial score (nSPS) is 21.1. The van der Waals surface area contributed by atoms with Gasteiger partial charge in [-0.15, -0.1) is 0 Å². The molecule has 0 amide bonds. The monoisotopic (exact) mass is 192 g/mol. The summed E-state index contributed by atoms with van der Waals surface area (Å²) in [6.45, 7) is 2.06. The standard InChI is InChI=1S/C6H9BrO2/c1-5(7)4-6-8-2-3-9-6/h2-3,5-6H,4H2,1H3. The van der Waals surface area contributed by atoms with Crippen molar-refractivity contribution in [2.24, 2.45) is 0 Å². The Bertz CT molecular complexity index is 104. The number of alkyl halides is 1. The van der Waals surface area contributed by atoms with Crippen LogP contribution in [-0.4, -0.2) is 11.1 Å². The first-order chi connectivity index (χ1) is 4.29. The number of hydrogen-bond donors (Lipinski definition) is 0. The van der Waals surface area contributed by atoms with Crippen LogP contribution in [0.25, 0.3) is 0 Å². The second-order valence-electron chi connectivity index (χ2n) is 1.99. The Morgan fingerprint density at radius 2 is 2.11 bits per heavy atom. The van der Waals surface area contributed by atoms with E-state index in [9.17, 15) is 0 Å². The number of halogens is 1. The molecule has 1 atom stereocenters. The lowest BCUT2D eigenvalue weighted by atomic mass is 10.3. The molecule has 0 saturated heterocycles. The fourth-order valence-electron chi connectivity index (χ4n) is 0.648. The van der Waals surface area contributed by atoms with Gasteiger partial charge in [-0.1, -0.05) is 22.9 Å². The Hall–Kier alpha value is -0.180. The van der Waals surface area contributed by atoms with E-state index in [-0.39, 0.29) is 6.29 Å². The fraction of sp³-hybridized carbons (Fsp3) is 0.667. The Labute approximate surface area is 63.0 Å². The average molecular weight is 193 g/mol. The molecule has 0 fully saturated rings. The van der Waals surface area contributed by atoms with E-state index in [2.05, 4.69) is 22.9 Å². The minimum absolute atomic E-state index is 0.0700. The largest absolute Gasteiger partial charge is 0.459 e. The Balaban J connectivity index is 2.14. The van der Waals surface area contributed by atoms with Gasteiger partial charge in [0.25, 0.3) is 0 Å². The molecule has 0 spiro atoms. The van der Waals surface area contributed by atoms with Crippen LogP contribution in [0.4, 0.5) is 0 Å². The van der Waals surface area contributed by atoms with Gasteiger partial charge in [0.1, 0.15) is 12.5 Å². The molecule has 1 unspecified atom stereocenters. The smallest absolute Gasteiger partial charge is 0.240 e. The zero-order chi connectivity index (χ0) is 6.69. The van der Waals surface area contributed by atoms with Gasteiger partial charge in [0.2, 0.25) is 6.29 Å². The van der Waals surface area contributed by atoms with Crippen molar-refractivity contribution in [1.82, 2.24) is 0 Å². The molecule has 0 aliphatic carbocycles. The molecule has 0 aromatic carbocycles. The summed E-state index contributed by atoms with van der Waals surface area (Å²) < 4.78 is 10.1. The quantitative estimate of drug-likeness (QED) is 0.624. The van der Waals surface area contributed by atoms with Crippen molar-refractivity contribution in [3.63, 3.8) is 0 Å². The Morgan fingerprint density at radius 3 is 2.56 bits per heavy atom. The maximum absolute atomic E-state index is 5.03. The SMILES string of the molecule is CC(Br)CC1OC=CO1. The van der Waals surface area contributed by atoms with E-state index < -0.39 is 0 Å². The first-order valence-corrected chi connectivity index (χ1v) is 3.80. The third kappa shape index (κ3) is 2.26. The van der Waals surface area contributed by atoms with Crippen LogP contribution in [0.1, 0.15) is 13.3 Å². The first-order valence-electron chi connectivity index (χ1n) is 2.89. The molecule has 1 heterocycles. The highest BCUT2D eigenvalue weighted by atomic mass is 79.9. The molecule has 0 aromatic heterocycles. The van der Waals surface area contributed by atoms with Crippen molar-refractivity contribution >= 4 is 15.9 Å². The van der Waals surface area contributed by atoms with E-state index in [1.165, 1.54) is 0 Å². The predicted molar refractivity (Wildman–Crippen MR) is 38.1 cm³/mol. The van der Waals surface area contributed by atoms with Crippen LogP contribution in [0.2, 0.25) is 0 Å². The highest BCUT2D eigenvalue weighted by molar-refractivity contribution is 9.09. The molecule has 0 radical (unpaired) electrons. The highest BCUT2D eigenvalue weighted by Gasteiger charge is 2.13. The first kappa shape index (κ1) is 6.93. The van der Waals surface area contributed by atoms with Gasteiger partial charge in [-0.2, -0.15) is 0 Å². The minimum Gasteiger partial charge on any atom is -0.459 e. The summed E-state index contributed by atoms with van der Waals surface area (Å²) in [4.78, 5) is 0.447. The Kier molecular flexibility index (Phi) is 2.39. The summed E-state index contributed by atoms with van der Waals surface area (Å²) in [6, 6.07) is 0.